The summed E-state index contributed by atoms with van der Waals surface area (Å²) >= 11 is 0. The molecule has 1 aromatic heterocycles. The first-order valence-corrected chi connectivity index (χ1v) is 7.87. The van der Waals surface area contributed by atoms with Crippen LogP contribution in [0.5, 0.6) is 0 Å². The second-order valence-electron chi connectivity index (χ2n) is 6.71. The van der Waals surface area contributed by atoms with Crippen molar-refractivity contribution < 1.29 is 9.53 Å². The average Bonchev–Trinajstić information content (AvgIpc) is 2.53. The monoisotopic (exact) mass is 314 g/mol. The smallest absolute Gasteiger partial charge is 0.410 e. The Morgan fingerprint density at radius 2 is 1.83 bits per heavy atom. The van der Waals surface area contributed by atoms with Crippen LogP contribution in [0.4, 0.5) is 10.6 Å². The SMILES string of the molecule is CC(C)(C)OC(=O)N1CCN(c2nncc3ccccc23)CC1. The molecule has 1 aliphatic heterocycles. The van der Waals surface area contributed by atoms with Crippen molar-refractivity contribution in [3.63, 3.8) is 0 Å². The standard InChI is InChI=1S/C17H22N4O2/c1-17(2,3)23-16(22)21-10-8-20(9-11-21)15-14-7-5-4-6-13(14)12-18-19-15/h4-7,12H,8-11H2,1-3H3. The van der Waals surface area contributed by atoms with Crippen molar-refractivity contribution in [2.24, 2.45) is 0 Å². The molecule has 6 nitrogen and oxygen atoms in total. The lowest BCUT2D eigenvalue weighted by molar-refractivity contribution is 0.0240. The number of anilines is 1. The third-order valence-corrected chi connectivity index (χ3v) is 3.78. The molecule has 0 unspecified atom stereocenters. The Balaban J connectivity index is 1.70. The second kappa shape index (κ2) is 6.02. The van der Waals surface area contributed by atoms with Crippen LogP contribution in [-0.4, -0.2) is 53.0 Å². The number of nitrogens with zero attached hydrogens (tertiary/aromatic N) is 4. The largest absolute Gasteiger partial charge is 0.444 e. The Labute approximate surface area is 136 Å². The number of amides is 1. The molecule has 3 rings (SSSR count). The molecule has 1 saturated heterocycles. The van der Waals surface area contributed by atoms with E-state index < -0.39 is 5.60 Å². The van der Waals surface area contributed by atoms with Gasteiger partial charge in [0.2, 0.25) is 0 Å². The maximum absolute atomic E-state index is 12.1. The minimum atomic E-state index is -0.463. The van der Waals surface area contributed by atoms with Gasteiger partial charge >= 0.3 is 6.09 Å². The number of carbonyl (C=O) groups excluding carboxylic acids is 1. The van der Waals surface area contributed by atoms with Crippen molar-refractivity contribution >= 4 is 22.7 Å². The molecule has 23 heavy (non-hydrogen) atoms. The van der Waals surface area contributed by atoms with E-state index in [1.54, 1.807) is 11.1 Å². The zero-order chi connectivity index (χ0) is 16.4. The molecule has 0 atom stereocenters. The van der Waals surface area contributed by atoms with E-state index >= 15 is 0 Å². The van der Waals surface area contributed by atoms with Crippen molar-refractivity contribution in [1.82, 2.24) is 15.1 Å². The van der Waals surface area contributed by atoms with E-state index in [2.05, 4.69) is 21.2 Å². The van der Waals surface area contributed by atoms with Crippen LogP contribution < -0.4 is 4.90 Å². The zero-order valence-corrected chi connectivity index (χ0v) is 13.8. The highest BCUT2D eigenvalue weighted by Gasteiger charge is 2.26. The first-order chi connectivity index (χ1) is 10.9. The number of ether oxygens (including phenoxy) is 1. The third-order valence-electron chi connectivity index (χ3n) is 3.78. The summed E-state index contributed by atoms with van der Waals surface area (Å²) in [6.07, 6.45) is 1.52. The number of aromatic nitrogens is 2. The van der Waals surface area contributed by atoms with Crippen molar-refractivity contribution in [3.05, 3.63) is 30.5 Å². The van der Waals surface area contributed by atoms with Crippen molar-refractivity contribution in [3.8, 4) is 0 Å². The molecule has 0 N–H and O–H groups in total. The predicted molar refractivity (Wildman–Crippen MR) is 89.6 cm³/mol. The van der Waals surface area contributed by atoms with Gasteiger partial charge in [0.15, 0.2) is 5.82 Å². The van der Waals surface area contributed by atoms with Gasteiger partial charge in [-0.1, -0.05) is 24.3 Å². The molecule has 2 heterocycles. The number of hydrogen-bond donors (Lipinski definition) is 0. The van der Waals surface area contributed by atoms with E-state index in [-0.39, 0.29) is 6.09 Å². The Morgan fingerprint density at radius 3 is 2.52 bits per heavy atom. The molecule has 1 aromatic carbocycles. The van der Waals surface area contributed by atoms with Gasteiger partial charge in [0.25, 0.3) is 0 Å². The van der Waals surface area contributed by atoms with E-state index in [9.17, 15) is 4.79 Å². The molecule has 0 radical (unpaired) electrons. The van der Waals surface area contributed by atoms with Gasteiger partial charge in [-0.15, -0.1) is 5.10 Å². The van der Waals surface area contributed by atoms with Crippen LogP contribution in [0.1, 0.15) is 20.8 Å². The molecular weight excluding hydrogens is 292 g/mol. The number of fused-ring (bicyclic) bond motifs is 1. The third kappa shape index (κ3) is 3.52. The van der Waals surface area contributed by atoms with Gasteiger partial charge in [0.1, 0.15) is 5.60 Å². The maximum atomic E-state index is 12.1. The highest BCUT2D eigenvalue weighted by atomic mass is 16.6. The fourth-order valence-electron chi connectivity index (χ4n) is 2.67. The quantitative estimate of drug-likeness (QED) is 0.810. The average molecular weight is 314 g/mol. The summed E-state index contributed by atoms with van der Waals surface area (Å²) in [6, 6.07) is 8.09. The van der Waals surface area contributed by atoms with Gasteiger partial charge in [-0.25, -0.2) is 4.79 Å². The van der Waals surface area contributed by atoms with Gasteiger partial charge in [-0.05, 0) is 20.8 Å². The molecule has 1 amide bonds. The van der Waals surface area contributed by atoms with Crippen LogP contribution in [0.15, 0.2) is 30.5 Å². The van der Waals surface area contributed by atoms with Crippen LogP contribution in [0, 0.1) is 0 Å². The van der Waals surface area contributed by atoms with Gasteiger partial charge in [-0.3, -0.25) is 0 Å². The number of carbonyl (C=O) groups is 1. The molecular formula is C17H22N4O2. The Morgan fingerprint density at radius 1 is 1.13 bits per heavy atom. The van der Waals surface area contributed by atoms with E-state index in [4.69, 9.17) is 4.74 Å². The van der Waals surface area contributed by atoms with Crippen LogP contribution in [-0.2, 0) is 4.74 Å². The Hall–Kier alpha value is -2.37. The van der Waals surface area contributed by atoms with Crippen LogP contribution in [0.2, 0.25) is 0 Å². The van der Waals surface area contributed by atoms with Crippen LogP contribution in [0.25, 0.3) is 10.8 Å². The summed E-state index contributed by atoms with van der Waals surface area (Å²) < 4.78 is 5.43. The fraction of sp³-hybridized carbons (Fsp3) is 0.471. The maximum Gasteiger partial charge on any atom is 0.410 e. The predicted octanol–water partition coefficient (Wildman–Crippen LogP) is 2.69. The molecule has 122 valence electrons. The van der Waals surface area contributed by atoms with Gasteiger partial charge in [-0.2, -0.15) is 5.10 Å². The summed E-state index contributed by atoms with van der Waals surface area (Å²) in [7, 11) is 0. The number of piperazine rings is 1. The van der Waals surface area contributed by atoms with Crippen LogP contribution in [0.3, 0.4) is 0 Å². The van der Waals surface area contributed by atoms with Crippen molar-refractivity contribution in [1.29, 1.82) is 0 Å². The minimum absolute atomic E-state index is 0.249. The topological polar surface area (TPSA) is 58.6 Å². The zero-order valence-electron chi connectivity index (χ0n) is 13.8. The van der Waals surface area contributed by atoms with Gasteiger partial charge in [0.05, 0.1) is 6.20 Å². The summed E-state index contributed by atoms with van der Waals surface area (Å²) in [4.78, 5) is 16.1. The number of hydrogen-bond acceptors (Lipinski definition) is 5. The summed E-state index contributed by atoms with van der Waals surface area (Å²) in [5.41, 5.74) is -0.463. The van der Waals surface area contributed by atoms with Gasteiger partial charge in [0, 0.05) is 37.0 Å². The highest BCUT2D eigenvalue weighted by Crippen LogP contribution is 2.24. The summed E-state index contributed by atoms with van der Waals surface area (Å²) in [5, 5.41) is 10.6. The lowest BCUT2D eigenvalue weighted by atomic mass is 10.1. The normalized spacial score (nSPS) is 15.8. The molecule has 0 saturated carbocycles. The second-order valence-corrected chi connectivity index (χ2v) is 6.71. The number of rotatable bonds is 1. The van der Waals surface area contributed by atoms with Gasteiger partial charge < -0.3 is 14.5 Å². The molecule has 2 aromatic rings. The molecule has 6 heteroatoms. The molecule has 1 aliphatic rings. The first kappa shape index (κ1) is 15.5. The molecule has 0 spiro atoms. The van der Waals surface area contributed by atoms with Crippen molar-refractivity contribution in [2.45, 2.75) is 26.4 Å². The Kier molecular flexibility index (Phi) is 4.07. The Bertz CT molecular complexity index is 698. The van der Waals surface area contributed by atoms with E-state index in [0.717, 1.165) is 29.7 Å². The highest BCUT2D eigenvalue weighted by molar-refractivity contribution is 5.91. The minimum Gasteiger partial charge on any atom is -0.444 e. The summed E-state index contributed by atoms with van der Waals surface area (Å²) in [5.74, 6) is 0.881. The number of benzene rings is 1. The van der Waals surface area contributed by atoms with E-state index in [0.29, 0.717) is 13.1 Å². The van der Waals surface area contributed by atoms with E-state index in [1.165, 1.54) is 0 Å². The van der Waals surface area contributed by atoms with E-state index in [1.807, 2.05) is 39.0 Å². The molecule has 0 aliphatic carbocycles. The molecule has 1 fully saturated rings. The molecule has 0 bridgehead atoms. The first-order valence-electron chi connectivity index (χ1n) is 7.87. The van der Waals surface area contributed by atoms with Crippen molar-refractivity contribution in [2.75, 3.05) is 31.1 Å². The fourth-order valence-corrected chi connectivity index (χ4v) is 2.67. The van der Waals surface area contributed by atoms with Crippen LogP contribution >= 0.6 is 0 Å². The lowest BCUT2D eigenvalue weighted by Crippen LogP contribution is -2.50. The summed E-state index contributed by atoms with van der Waals surface area (Å²) in [6.45, 7) is 8.34. The lowest BCUT2D eigenvalue weighted by Gasteiger charge is -2.36.